The average Bonchev–Trinajstić information content (AvgIpc) is 3.50. The molecule has 4 rings (SSSR count). The van der Waals surface area contributed by atoms with Crippen molar-refractivity contribution >= 4 is 40.1 Å². The minimum absolute atomic E-state index is 0.146. The molecule has 1 aromatic carbocycles. The van der Waals surface area contributed by atoms with Gasteiger partial charge in [0.2, 0.25) is 17.7 Å². The quantitative estimate of drug-likeness (QED) is 0.532. The number of carbonyl (C=O) groups is 4. The number of amides is 4. The summed E-state index contributed by atoms with van der Waals surface area (Å²) in [5.74, 6) is 0.332. The van der Waals surface area contributed by atoms with Crippen LogP contribution in [0.15, 0.2) is 46.2 Å². The number of benzene rings is 1. The predicted molar refractivity (Wildman–Crippen MR) is 117 cm³/mol. The Morgan fingerprint density at radius 3 is 2.50 bits per heavy atom. The number of aromatic nitrogens is 1. The van der Waals surface area contributed by atoms with Crippen molar-refractivity contribution in [1.29, 1.82) is 0 Å². The second-order valence-electron chi connectivity index (χ2n) is 7.24. The van der Waals surface area contributed by atoms with Gasteiger partial charge in [-0.2, -0.15) is 0 Å². The van der Waals surface area contributed by atoms with E-state index in [0.29, 0.717) is 34.5 Å². The summed E-state index contributed by atoms with van der Waals surface area (Å²) in [5, 5.41) is 7.60. The van der Waals surface area contributed by atoms with Gasteiger partial charge in [-0.1, -0.05) is 12.1 Å². The fraction of sp³-hybridized carbons (Fsp3) is 0.227. The lowest BCUT2D eigenvalue weighted by molar-refractivity contribution is -0.139. The van der Waals surface area contributed by atoms with Crippen LogP contribution in [0.5, 0.6) is 0 Å². The first kappa shape index (κ1) is 21.4. The average molecular weight is 452 g/mol. The zero-order chi connectivity index (χ0) is 22.7. The Bertz CT molecular complexity index is 1170. The first-order valence-electron chi connectivity index (χ1n) is 9.91. The van der Waals surface area contributed by atoms with Gasteiger partial charge in [-0.05, 0) is 29.8 Å². The highest BCUT2D eigenvalue weighted by molar-refractivity contribution is 7.14. The molecule has 0 spiro atoms. The van der Waals surface area contributed by atoms with Crippen LogP contribution in [-0.4, -0.2) is 33.5 Å². The molecule has 0 atom stereocenters. The van der Waals surface area contributed by atoms with E-state index in [9.17, 15) is 19.2 Å². The van der Waals surface area contributed by atoms with E-state index in [1.54, 1.807) is 41.8 Å². The van der Waals surface area contributed by atoms with Gasteiger partial charge in [-0.3, -0.25) is 29.4 Å². The maximum Gasteiger partial charge on any atom is 0.257 e. The largest absolute Gasteiger partial charge is 0.458 e. The molecule has 0 aliphatic carbocycles. The number of imide groups is 1. The molecular weight excluding hydrogens is 432 g/mol. The van der Waals surface area contributed by atoms with Gasteiger partial charge in [0.05, 0.1) is 13.1 Å². The summed E-state index contributed by atoms with van der Waals surface area (Å²) in [4.78, 5) is 52.7. The van der Waals surface area contributed by atoms with Gasteiger partial charge in [-0.25, -0.2) is 4.98 Å². The van der Waals surface area contributed by atoms with E-state index >= 15 is 0 Å². The van der Waals surface area contributed by atoms with Crippen molar-refractivity contribution in [3.63, 3.8) is 0 Å². The molecule has 1 saturated heterocycles. The number of thiazole rings is 1. The Morgan fingerprint density at radius 1 is 1.09 bits per heavy atom. The molecule has 1 fully saturated rings. The summed E-state index contributed by atoms with van der Waals surface area (Å²) < 4.78 is 5.67. The van der Waals surface area contributed by atoms with Crippen molar-refractivity contribution in [2.24, 2.45) is 0 Å². The van der Waals surface area contributed by atoms with Crippen molar-refractivity contribution in [3.05, 3.63) is 58.7 Å². The summed E-state index contributed by atoms with van der Waals surface area (Å²) in [7, 11) is 0. The molecule has 1 aliphatic rings. The number of hydrogen-bond donors (Lipinski definition) is 2. The smallest absolute Gasteiger partial charge is 0.257 e. The maximum atomic E-state index is 12.5. The van der Waals surface area contributed by atoms with E-state index in [1.807, 2.05) is 0 Å². The standard InChI is InChI=1S/C22H20N4O5S/c1-13(27)23-10-16-6-7-18(31-16)17-12-32-22(24-17)25-21(30)15-4-2-14(3-5-15)11-26-19(28)8-9-20(26)29/h2-7,12H,8-11H2,1H3,(H,23,27)(H,24,25,30). The second kappa shape index (κ2) is 9.15. The maximum absolute atomic E-state index is 12.5. The summed E-state index contributed by atoms with van der Waals surface area (Å²) >= 11 is 1.27. The van der Waals surface area contributed by atoms with E-state index in [-0.39, 0.29) is 43.0 Å². The highest BCUT2D eigenvalue weighted by Crippen LogP contribution is 2.27. The van der Waals surface area contributed by atoms with Crippen LogP contribution >= 0.6 is 11.3 Å². The molecule has 2 N–H and O–H groups in total. The van der Waals surface area contributed by atoms with E-state index in [4.69, 9.17) is 4.42 Å². The Labute approximate surface area is 187 Å². The van der Waals surface area contributed by atoms with Gasteiger partial charge >= 0.3 is 0 Å². The number of carbonyl (C=O) groups excluding carboxylic acids is 4. The third-order valence-corrected chi connectivity index (χ3v) is 5.62. The van der Waals surface area contributed by atoms with Crippen LogP contribution in [0.3, 0.4) is 0 Å². The van der Waals surface area contributed by atoms with Crippen LogP contribution in [0.4, 0.5) is 5.13 Å². The van der Waals surface area contributed by atoms with Crippen LogP contribution in [0.25, 0.3) is 11.5 Å². The lowest BCUT2D eigenvalue weighted by Crippen LogP contribution is -2.28. The van der Waals surface area contributed by atoms with Crippen LogP contribution in [0.1, 0.15) is 41.4 Å². The third-order valence-electron chi connectivity index (χ3n) is 4.86. The number of likely N-dealkylation sites (tertiary alicyclic amines) is 1. The SMILES string of the molecule is CC(=O)NCc1ccc(-c2csc(NC(=O)c3ccc(CN4C(=O)CCC4=O)cc3)n2)o1. The van der Waals surface area contributed by atoms with Gasteiger partial charge in [0.25, 0.3) is 5.91 Å². The number of anilines is 1. The lowest BCUT2D eigenvalue weighted by Gasteiger charge is -2.13. The third kappa shape index (κ3) is 4.92. The highest BCUT2D eigenvalue weighted by Gasteiger charge is 2.28. The van der Waals surface area contributed by atoms with E-state index < -0.39 is 0 Å². The topological polar surface area (TPSA) is 122 Å². The number of furan rings is 1. The lowest BCUT2D eigenvalue weighted by atomic mass is 10.1. The van der Waals surface area contributed by atoms with Crippen LogP contribution in [0, 0.1) is 0 Å². The summed E-state index contributed by atoms with van der Waals surface area (Å²) in [6.45, 7) is 1.93. The van der Waals surface area contributed by atoms with Crippen molar-refractivity contribution < 1.29 is 23.6 Å². The molecule has 0 radical (unpaired) electrons. The normalized spacial score (nSPS) is 13.5. The van der Waals surface area contributed by atoms with Crippen LogP contribution in [0.2, 0.25) is 0 Å². The number of nitrogens with one attached hydrogen (secondary N) is 2. The zero-order valence-corrected chi connectivity index (χ0v) is 18.0. The van der Waals surface area contributed by atoms with Crippen LogP contribution < -0.4 is 10.6 Å². The zero-order valence-electron chi connectivity index (χ0n) is 17.2. The van der Waals surface area contributed by atoms with E-state index in [1.165, 1.54) is 23.2 Å². The van der Waals surface area contributed by atoms with Crippen molar-refractivity contribution in [2.45, 2.75) is 32.9 Å². The number of hydrogen-bond acceptors (Lipinski definition) is 7. The number of nitrogens with zero attached hydrogens (tertiary/aromatic N) is 2. The van der Waals surface area contributed by atoms with Crippen LogP contribution in [-0.2, 0) is 27.5 Å². The fourth-order valence-corrected chi connectivity index (χ4v) is 3.87. The second-order valence-corrected chi connectivity index (χ2v) is 8.10. The molecule has 10 heteroatoms. The molecule has 0 bridgehead atoms. The highest BCUT2D eigenvalue weighted by atomic mass is 32.1. The Kier molecular flexibility index (Phi) is 6.13. The molecule has 0 saturated carbocycles. The van der Waals surface area contributed by atoms with Gasteiger partial charge in [-0.15, -0.1) is 11.3 Å². The fourth-order valence-electron chi connectivity index (χ4n) is 3.18. The number of rotatable bonds is 7. The molecule has 1 aliphatic heterocycles. The summed E-state index contributed by atoms with van der Waals surface area (Å²) in [6, 6.07) is 10.2. The molecule has 0 unspecified atom stereocenters. The first-order valence-corrected chi connectivity index (χ1v) is 10.8. The Hall–Kier alpha value is -3.79. The molecule has 3 aromatic rings. The molecule has 164 valence electrons. The van der Waals surface area contributed by atoms with Gasteiger partial charge in [0.15, 0.2) is 10.9 Å². The Morgan fingerprint density at radius 2 is 1.81 bits per heavy atom. The minimum atomic E-state index is -0.323. The van der Waals surface area contributed by atoms with Gasteiger partial charge < -0.3 is 9.73 Å². The minimum Gasteiger partial charge on any atom is -0.458 e. The summed E-state index contributed by atoms with van der Waals surface area (Å²) in [5.41, 5.74) is 1.78. The van der Waals surface area contributed by atoms with E-state index in [0.717, 1.165) is 5.56 Å². The van der Waals surface area contributed by atoms with Gasteiger partial charge in [0.1, 0.15) is 11.5 Å². The van der Waals surface area contributed by atoms with Crippen molar-refractivity contribution in [2.75, 3.05) is 5.32 Å². The molecule has 4 amide bonds. The van der Waals surface area contributed by atoms with Crippen molar-refractivity contribution in [3.8, 4) is 11.5 Å². The Balaban J connectivity index is 1.36. The van der Waals surface area contributed by atoms with Gasteiger partial charge in [0, 0.05) is 30.7 Å². The molecule has 3 heterocycles. The summed E-state index contributed by atoms with van der Waals surface area (Å²) in [6.07, 6.45) is 0.507. The van der Waals surface area contributed by atoms with Crippen molar-refractivity contribution in [1.82, 2.24) is 15.2 Å². The predicted octanol–water partition coefficient (Wildman–Crippen LogP) is 2.94. The molecular formula is C22H20N4O5S. The molecule has 32 heavy (non-hydrogen) atoms. The monoisotopic (exact) mass is 452 g/mol. The molecule has 2 aromatic heterocycles. The first-order chi connectivity index (χ1) is 15.4. The van der Waals surface area contributed by atoms with E-state index in [2.05, 4.69) is 15.6 Å². The molecule has 9 nitrogen and oxygen atoms in total.